The molecule has 0 amide bonds. The topological polar surface area (TPSA) is 47.3 Å². The molecule has 5 atom stereocenters. The van der Waals surface area contributed by atoms with Crippen molar-refractivity contribution in [2.24, 2.45) is 29.6 Å². The predicted octanol–water partition coefficient (Wildman–Crippen LogP) is 2.63. The average molecular weight is 276 g/mol. The summed E-state index contributed by atoms with van der Waals surface area (Å²) in [6.45, 7) is 2.99. The summed E-state index contributed by atoms with van der Waals surface area (Å²) in [5.74, 6) is 4.54. The van der Waals surface area contributed by atoms with E-state index in [4.69, 9.17) is 4.74 Å². The molecule has 110 valence electrons. The molecule has 5 unspecified atom stereocenters. The fourth-order valence-electron chi connectivity index (χ4n) is 5.22. The number of fused-ring (bicyclic) bond motifs is 5. The van der Waals surface area contributed by atoms with Gasteiger partial charge in [0.1, 0.15) is 11.8 Å². The number of hydrogen-bond acceptors (Lipinski definition) is 3. The van der Waals surface area contributed by atoms with Gasteiger partial charge in [0.25, 0.3) is 0 Å². The number of hydrogen-bond donors (Lipinski definition) is 1. The first-order valence-corrected chi connectivity index (χ1v) is 8.04. The zero-order valence-electron chi connectivity index (χ0n) is 12.3. The van der Waals surface area contributed by atoms with E-state index in [1.54, 1.807) is 13.3 Å². The number of aliphatic hydroxyl groups excluding tert-OH is 1. The number of ether oxygens (including phenoxy) is 1. The van der Waals surface area contributed by atoms with Crippen LogP contribution in [-0.2, 0) is 6.54 Å². The predicted molar refractivity (Wildman–Crippen MR) is 75.3 cm³/mol. The first-order chi connectivity index (χ1) is 9.76. The molecular weight excluding hydrogens is 252 g/mol. The first kappa shape index (κ1) is 12.7. The molecule has 4 rings (SSSR count). The van der Waals surface area contributed by atoms with E-state index in [0.717, 1.165) is 48.1 Å². The van der Waals surface area contributed by atoms with E-state index >= 15 is 0 Å². The number of methoxy groups -OCH3 is 1. The van der Waals surface area contributed by atoms with Crippen LogP contribution in [0.3, 0.4) is 0 Å². The van der Waals surface area contributed by atoms with Crippen molar-refractivity contribution < 1.29 is 9.84 Å². The molecule has 3 fully saturated rings. The summed E-state index contributed by atoms with van der Waals surface area (Å²) < 4.78 is 7.36. The third-order valence-corrected chi connectivity index (χ3v) is 5.94. The maximum atomic E-state index is 10.9. The number of nitrogens with zero attached hydrogens (tertiary/aromatic N) is 2. The number of aryl methyl sites for hydroxylation is 1. The van der Waals surface area contributed by atoms with Crippen molar-refractivity contribution in [1.82, 2.24) is 9.78 Å². The molecule has 0 radical (unpaired) electrons. The van der Waals surface area contributed by atoms with Crippen molar-refractivity contribution in [2.75, 3.05) is 7.11 Å². The summed E-state index contributed by atoms with van der Waals surface area (Å²) in [4.78, 5) is 0. The van der Waals surface area contributed by atoms with Crippen LogP contribution in [0.1, 0.15) is 44.4 Å². The molecule has 3 aliphatic carbocycles. The molecule has 1 aromatic rings. The molecule has 2 bridgehead atoms. The van der Waals surface area contributed by atoms with Crippen LogP contribution in [0.2, 0.25) is 0 Å². The average Bonchev–Trinajstić information content (AvgIpc) is 2.80. The molecule has 1 N–H and O–H groups in total. The van der Waals surface area contributed by atoms with Gasteiger partial charge in [-0.25, -0.2) is 0 Å². The Morgan fingerprint density at radius 3 is 2.70 bits per heavy atom. The van der Waals surface area contributed by atoms with E-state index in [-0.39, 0.29) is 0 Å². The van der Waals surface area contributed by atoms with Gasteiger partial charge in [0.05, 0.1) is 13.3 Å². The maximum absolute atomic E-state index is 10.9. The monoisotopic (exact) mass is 276 g/mol. The highest BCUT2D eigenvalue weighted by Crippen LogP contribution is 2.72. The normalized spacial score (nSPS) is 38.9. The molecule has 0 saturated heterocycles. The van der Waals surface area contributed by atoms with Crippen molar-refractivity contribution in [2.45, 2.75) is 45.3 Å². The van der Waals surface area contributed by atoms with Crippen LogP contribution in [0.5, 0.6) is 5.75 Å². The highest BCUT2D eigenvalue weighted by atomic mass is 16.5. The Morgan fingerprint density at radius 1 is 1.40 bits per heavy atom. The first-order valence-electron chi connectivity index (χ1n) is 8.04. The van der Waals surface area contributed by atoms with Gasteiger partial charge in [0.15, 0.2) is 5.75 Å². The highest BCUT2D eigenvalue weighted by molar-refractivity contribution is 5.31. The van der Waals surface area contributed by atoms with Gasteiger partial charge in [-0.3, -0.25) is 4.68 Å². The Balaban J connectivity index is 1.60. The van der Waals surface area contributed by atoms with E-state index < -0.39 is 6.10 Å². The van der Waals surface area contributed by atoms with Crippen molar-refractivity contribution in [3.8, 4) is 5.75 Å². The quantitative estimate of drug-likeness (QED) is 0.899. The largest absolute Gasteiger partial charge is 0.493 e. The lowest BCUT2D eigenvalue weighted by atomic mass is 9.97. The lowest BCUT2D eigenvalue weighted by Gasteiger charge is -2.18. The molecule has 1 heterocycles. The Bertz CT molecular complexity index is 497. The van der Waals surface area contributed by atoms with Crippen LogP contribution < -0.4 is 4.74 Å². The Morgan fingerprint density at radius 2 is 2.10 bits per heavy atom. The fraction of sp³-hybridized carbons (Fsp3) is 0.812. The zero-order chi connectivity index (χ0) is 13.9. The van der Waals surface area contributed by atoms with Gasteiger partial charge < -0.3 is 9.84 Å². The minimum absolute atomic E-state index is 0.391. The summed E-state index contributed by atoms with van der Waals surface area (Å²) in [6.07, 6.45) is 6.58. The van der Waals surface area contributed by atoms with Gasteiger partial charge >= 0.3 is 0 Å². The highest BCUT2D eigenvalue weighted by Gasteiger charge is 2.67. The SMILES string of the molecule is CCCn1ncc(OC)c1C(O)C1C2C3CCC(C3)C21. The third-order valence-electron chi connectivity index (χ3n) is 5.94. The summed E-state index contributed by atoms with van der Waals surface area (Å²) in [5.41, 5.74) is 0.910. The second-order valence-corrected chi connectivity index (χ2v) is 6.83. The zero-order valence-corrected chi connectivity index (χ0v) is 12.3. The third kappa shape index (κ3) is 1.60. The van der Waals surface area contributed by atoms with Gasteiger partial charge in [0.2, 0.25) is 0 Å². The number of aromatic nitrogens is 2. The number of rotatable bonds is 5. The molecule has 1 aromatic heterocycles. The lowest BCUT2D eigenvalue weighted by Crippen LogP contribution is -2.15. The minimum atomic E-state index is -0.391. The maximum Gasteiger partial charge on any atom is 0.162 e. The Labute approximate surface area is 120 Å². The van der Waals surface area contributed by atoms with Crippen LogP contribution in [0.4, 0.5) is 0 Å². The molecule has 0 spiro atoms. The molecule has 20 heavy (non-hydrogen) atoms. The van der Waals surface area contributed by atoms with Gasteiger partial charge in [-0.1, -0.05) is 6.92 Å². The van der Waals surface area contributed by atoms with Crippen LogP contribution >= 0.6 is 0 Å². The molecule has 0 aromatic carbocycles. The molecule has 4 nitrogen and oxygen atoms in total. The van der Waals surface area contributed by atoms with Gasteiger partial charge in [-0.15, -0.1) is 0 Å². The molecule has 4 heteroatoms. The van der Waals surface area contributed by atoms with Gasteiger partial charge in [-0.2, -0.15) is 5.10 Å². The van der Waals surface area contributed by atoms with Gasteiger partial charge in [-0.05, 0) is 55.3 Å². The van der Waals surface area contributed by atoms with Crippen LogP contribution in [0.15, 0.2) is 6.20 Å². The van der Waals surface area contributed by atoms with Crippen LogP contribution in [-0.4, -0.2) is 22.0 Å². The van der Waals surface area contributed by atoms with E-state index in [1.165, 1.54) is 19.3 Å². The van der Waals surface area contributed by atoms with Crippen molar-refractivity contribution in [3.63, 3.8) is 0 Å². The van der Waals surface area contributed by atoms with Crippen molar-refractivity contribution in [3.05, 3.63) is 11.9 Å². The summed E-state index contributed by atoms with van der Waals surface area (Å²) in [7, 11) is 1.67. The Kier molecular flexibility index (Phi) is 2.85. The summed E-state index contributed by atoms with van der Waals surface area (Å²) in [5, 5.41) is 15.3. The van der Waals surface area contributed by atoms with E-state index in [1.807, 2.05) is 4.68 Å². The van der Waals surface area contributed by atoms with E-state index in [2.05, 4.69) is 12.0 Å². The van der Waals surface area contributed by atoms with Crippen molar-refractivity contribution >= 4 is 0 Å². The van der Waals surface area contributed by atoms with Gasteiger partial charge in [0, 0.05) is 6.54 Å². The molecule has 3 saturated carbocycles. The summed E-state index contributed by atoms with van der Waals surface area (Å²) in [6, 6.07) is 0. The second-order valence-electron chi connectivity index (χ2n) is 6.83. The second kappa shape index (κ2) is 4.48. The van der Waals surface area contributed by atoms with E-state index in [9.17, 15) is 5.11 Å². The molecular formula is C16H24N2O2. The smallest absolute Gasteiger partial charge is 0.162 e. The van der Waals surface area contributed by atoms with E-state index in [0.29, 0.717) is 5.92 Å². The van der Waals surface area contributed by atoms with Crippen LogP contribution in [0, 0.1) is 29.6 Å². The number of aliphatic hydroxyl groups is 1. The fourth-order valence-corrected chi connectivity index (χ4v) is 5.22. The standard InChI is InChI=1S/C16H24N2O2/c1-3-6-18-15(11(20-2)8-17-18)16(19)14-12-9-4-5-10(7-9)13(12)14/h8-10,12-14,16,19H,3-7H2,1-2H3. The van der Waals surface area contributed by atoms with Crippen molar-refractivity contribution in [1.29, 1.82) is 0 Å². The molecule has 0 aliphatic heterocycles. The minimum Gasteiger partial charge on any atom is -0.493 e. The van der Waals surface area contributed by atoms with Crippen LogP contribution in [0.25, 0.3) is 0 Å². The molecule has 3 aliphatic rings. The summed E-state index contributed by atoms with van der Waals surface area (Å²) >= 11 is 0. The Hall–Kier alpha value is -1.03. The lowest BCUT2D eigenvalue weighted by molar-refractivity contribution is 0.117.